The van der Waals surface area contributed by atoms with Crippen LogP contribution in [0.1, 0.15) is 12.0 Å². The molecule has 1 aromatic rings. The summed E-state index contributed by atoms with van der Waals surface area (Å²) >= 11 is 0. The van der Waals surface area contributed by atoms with E-state index in [0.29, 0.717) is 18.4 Å². The molecule has 2 N–H and O–H groups in total. The molecule has 0 radical (unpaired) electrons. The highest BCUT2D eigenvalue weighted by Gasteiger charge is 2.24. The van der Waals surface area contributed by atoms with E-state index in [1.54, 1.807) is 0 Å². The Morgan fingerprint density at radius 2 is 1.94 bits per heavy atom. The molecule has 0 saturated carbocycles. The van der Waals surface area contributed by atoms with Crippen LogP contribution in [-0.4, -0.2) is 22.6 Å². The van der Waals surface area contributed by atoms with Gasteiger partial charge in [-0.1, -0.05) is 0 Å². The van der Waals surface area contributed by atoms with Crippen molar-refractivity contribution < 1.29 is 16.8 Å². The van der Waals surface area contributed by atoms with Gasteiger partial charge in [0, 0.05) is 0 Å². The molecular formula is C9H11NO4S2. The largest absolute Gasteiger partial charge is 0.238 e. The first kappa shape index (κ1) is 11.6. The van der Waals surface area contributed by atoms with Gasteiger partial charge in [0.05, 0.1) is 15.5 Å². The zero-order valence-electron chi connectivity index (χ0n) is 8.38. The number of aryl methyl sites for hydroxylation is 1. The number of benzene rings is 1. The van der Waals surface area contributed by atoms with E-state index in [-0.39, 0.29) is 15.5 Å². The highest BCUT2D eigenvalue weighted by Crippen LogP contribution is 2.26. The molecule has 16 heavy (non-hydrogen) atoms. The van der Waals surface area contributed by atoms with E-state index in [1.165, 1.54) is 18.2 Å². The van der Waals surface area contributed by atoms with Crippen molar-refractivity contribution in [3.8, 4) is 0 Å². The van der Waals surface area contributed by atoms with Crippen molar-refractivity contribution in [1.82, 2.24) is 0 Å². The Bertz CT molecular complexity index is 631. The molecule has 2 rings (SSSR count). The fourth-order valence-corrected chi connectivity index (χ4v) is 3.94. The van der Waals surface area contributed by atoms with Crippen LogP contribution in [0.2, 0.25) is 0 Å². The Labute approximate surface area is 94.2 Å². The molecule has 0 aliphatic carbocycles. The third kappa shape index (κ3) is 1.98. The minimum atomic E-state index is -3.77. The molecule has 1 aliphatic heterocycles. The number of primary sulfonamides is 1. The van der Waals surface area contributed by atoms with Crippen LogP contribution in [0.4, 0.5) is 0 Å². The van der Waals surface area contributed by atoms with E-state index in [9.17, 15) is 16.8 Å². The lowest BCUT2D eigenvalue weighted by atomic mass is 10.1. The van der Waals surface area contributed by atoms with E-state index in [0.717, 1.165) is 0 Å². The van der Waals surface area contributed by atoms with Gasteiger partial charge >= 0.3 is 0 Å². The molecule has 1 aromatic carbocycles. The zero-order chi connectivity index (χ0) is 12.0. The van der Waals surface area contributed by atoms with Crippen LogP contribution in [0.3, 0.4) is 0 Å². The zero-order valence-corrected chi connectivity index (χ0v) is 10.0. The number of hydrogen-bond acceptors (Lipinski definition) is 4. The third-order valence-electron chi connectivity index (χ3n) is 2.55. The summed E-state index contributed by atoms with van der Waals surface area (Å²) < 4.78 is 45.5. The molecule has 0 spiro atoms. The van der Waals surface area contributed by atoms with Crippen LogP contribution < -0.4 is 5.14 Å². The molecule has 0 bridgehead atoms. The molecule has 0 saturated heterocycles. The molecular weight excluding hydrogens is 250 g/mol. The lowest BCUT2D eigenvalue weighted by Crippen LogP contribution is -2.18. The predicted octanol–water partition coefficient (Wildman–Crippen LogP) is 0.0539. The van der Waals surface area contributed by atoms with E-state index < -0.39 is 19.9 Å². The second kappa shape index (κ2) is 3.54. The van der Waals surface area contributed by atoms with Gasteiger partial charge in [-0.2, -0.15) is 0 Å². The van der Waals surface area contributed by atoms with Crippen molar-refractivity contribution in [3.05, 3.63) is 23.8 Å². The van der Waals surface area contributed by atoms with Gasteiger partial charge in [-0.25, -0.2) is 22.0 Å². The van der Waals surface area contributed by atoms with Crippen molar-refractivity contribution in [3.63, 3.8) is 0 Å². The number of rotatable bonds is 1. The maximum atomic E-state index is 11.7. The van der Waals surface area contributed by atoms with Crippen molar-refractivity contribution in [1.29, 1.82) is 0 Å². The summed E-state index contributed by atoms with van der Waals surface area (Å²) in [5.41, 5.74) is 0.540. The molecule has 88 valence electrons. The topological polar surface area (TPSA) is 94.3 Å². The Morgan fingerprint density at radius 3 is 2.56 bits per heavy atom. The summed E-state index contributed by atoms with van der Waals surface area (Å²) in [7, 11) is -7.01. The number of nitrogens with two attached hydrogens (primary N) is 1. The second-order valence-electron chi connectivity index (χ2n) is 3.74. The van der Waals surface area contributed by atoms with Gasteiger partial charge in [0.25, 0.3) is 0 Å². The van der Waals surface area contributed by atoms with E-state index in [1.807, 2.05) is 0 Å². The Morgan fingerprint density at radius 1 is 1.25 bits per heavy atom. The SMILES string of the molecule is NS(=O)(=O)c1ccc2c(c1)CCCS2(=O)=O. The van der Waals surface area contributed by atoms with Gasteiger partial charge in [-0.15, -0.1) is 0 Å². The maximum absolute atomic E-state index is 11.7. The van der Waals surface area contributed by atoms with Crippen LogP contribution in [0, 0.1) is 0 Å². The van der Waals surface area contributed by atoms with Crippen LogP contribution >= 0.6 is 0 Å². The predicted molar refractivity (Wildman–Crippen MR) is 58.2 cm³/mol. The number of sulfonamides is 1. The van der Waals surface area contributed by atoms with Crippen LogP contribution in [-0.2, 0) is 26.3 Å². The van der Waals surface area contributed by atoms with Crippen molar-refractivity contribution in [2.45, 2.75) is 22.6 Å². The first-order valence-corrected chi connectivity index (χ1v) is 7.89. The van der Waals surface area contributed by atoms with Gasteiger partial charge < -0.3 is 0 Å². The normalized spacial score (nSPS) is 19.1. The Hall–Kier alpha value is -0.920. The third-order valence-corrected chi connectivity index (χ3v) is 5.36. The van der Waals surface area contributed by atoms with Gasteiger partial charge in [0.1, 0.15) is 0 Å². The van der Waals surface area contributed by atoms with E-state index in [2.05, 4.69) is 0 Å². The summed E-state index contributed by atoms with van der Waals surface area (Å²) in [5, 5.41) is 4.98. The van der Waals surface area contributed by atoms with Gasteiger partial charge in [-0.3, -0.25) is 0 Å². The van der Waals surface area contributed by atoms with Crippen molar-refractivity contribution in [2.24, 2.45) is 5.14 Å². The molecule has 1 heterocycles. The molecule has 0 atom stereocenters. The average Bonchev–Trinajstić information content (AvgIpc) is 2.15. The molecule has 0 amide bonds. The second-order valence-corrected chi connectivity index (χ2v) is 7.38. The number of fused-ring (bicyclic) bond motifs is 1. The van der Waals surface area contributed by atoms with Crippen LogP contribution in [0.25, 0.3) is 0 Å². The molecule has 1 aliphatic rings. The summed E-state index contributed by atoms with van der Waals surface area (Å²) in [4.78, 5) is 0.189. The lowest BCUT2D eigenvalue weighted by molar-refractivity contribution is 0.584. The molecule has 0 fully saturated rings. The highest BCUT2D eigenvalue weighted by atomic mass is 32.2. The Kier molecular flexibility index (Phi) is 2.56. The molecule has 0 aromatic heterocycles. The maximum Gasteiger partial charge on any atom is 0.238 e. The average molecular weight is 261 g/mol. The summed E-state index contributed by atoms with van der Waals surface area (Å²) in [6, 6.07) is 3.90. The summed E-state index contributed by atoms with van der Waals surface area (Å²) in [6.07, 6.45) is 1.08. The minimum absolute atomic E-state index is 0.0386. The lowest BCUT2D eigenvalue weighted by Gasteiger charge is -2.16. The number of hydrogen-bond donors (Lipinski definition) is 1. The van der Waals surface area contributed by atoms with Gasteiger partial charge in [0.2, 0.25) is 10.0 Å². The fraction of sp³-hybridized carbons (Fsp3) is 0.333. The highest BCUT2D eigenvalue weighted by molar-refractivity contribution is 7.91. The smallest absolute Gasteiger partial charge is 0.225 e. The monoisotopic (exact) mass is 261 g/mol. The Balaban J connectivity index is 2.66. The van der Waals surface area contributed by atoms with E-state index in [4.69, 9.17) is 5.14 Å². The van der Waals surface area contributed by atoms with Crippen LogP contribution in [0.5, 0.6) is 0 Å². The van der Waals surface area contributed by atoms with Crippen molar-refractivity contribution in [2.75, 3.05) is 5.75 Å². The first-order valence-electron chi connectivity index (χ1n) is 4.69. The summed E-state index contributed by atoms with van der Waals surface area (Å²) in [5.74, 6) is 0.120. The summed E-state index contributed by atoms with van der Waals surface area (Å²) in [6.45, 7) is 0. The van der Waals surface area contributed by atoms with Crippen molar-refractivity contribution >= 4 is 19.9 Å². The fourth-order valence-electron chi connectivity index (χ4n) is 1.79. The van der Waals surface area contributed by atoms with Crippen LogP contribution in [0.15, 0.2) is 28.0 Å². The first-order chi connectivity index (χ1) is 7.31. The number of sulfone groups is 1. The molecule has 7 heteroatoms. The van der Waals surface area contributed by atoms with Gasteiger partial charge in [0.15, 0.2) is 9.84 Å². The quantitative estimate of drug-likeness (QED) is 0.773. The van der Waals surface area contributed by atoms with Gasteiger partial charge in [-0.05, 0) is 36.6 Å². The minimum Gasteiger partial charge on any atom is -0.225 e. The molecule has 0 unspecified atom stereocenters. The van der Waals surface area contributed by atoms with E-state index >= 15 is 0 Å². The standard InChI is InChI=1S/C9H11NO4S2/c10-16(13,14)8-3-4-9-7(6-8)2-1-5-15(9,11)12/h3-4,6H,1-2,5H2,(H2,10,13,14). The molecule has 5 nitrogen and oxygen atoms in total.